The summed E-state index contributed by atoms with van der Waals surface area (Å²) in [5, 5.41) is 6.08. The van der Waals surface area contributed by atoms with Gasteiger partial charge in [0.1, 0.15) is 5.82 Å². The Morgan fingerprint density at radius 3 is 2.67 bits per heavy atom. The van der Waals surface area contributed by atoms with Crippen LogP contribution >= 0.6 is 34.2 Å². The molecule has 0 atom stereocenters. The third-order valence-corrected chi connectivity index (χ3v) is 7.68. The Morgan fingerprint density at radius 2 is 2.00 bits per heavy atom. The second kappa shape index (κ2) is 11.2. The Bertz CT molecular complexity index is 1340. The molecule has 1 fully saturated rings. The van der Waals surface area contributed by atoms with Crippen LogP contribution in [-0.4, -0.2) is 46.1 Å². The fraction of sp³-hybridized carbons (Fsp3) is 0.400. The number of aromatic nitrogens is 2. The van der Waals surface area contributed by atoms with Crippen LogP contribution in [0.4, 0.5) is 21.6 Å². The standard InChI is InChI=1S/C25H28ClFIN5O3/c1-14(2)33-20-5-4-18(24(27)16(20)10-21(25(33)35)36-13-23(34)29-3)31-19-11-22(30-12-17(19)26)32-8-6-15(28)7-9-32/h4-5,10-12,14-15H,6-9,13H2,1-3H3,(H,29,34)(H,30,31). The van der Waals surface area contributed by atoms with Crippen molar-refractivity contribution in [1.29, 1.82) is 0 Å². The molecule has 0 spiro atoms. The molecule has 3 heterocycles. The normalized spacial score (nSPS) is 14.4. The maximum absolute atomic E-state index is 15.8. The molecule has 8 nitrogen and oxygen atoms in total. The number of nitrogens with one attached hydrogen (secondary N) is 2. The lowest BCUT2D eigenvalue weighted by Crippen LogP contribution is -2.34. The van der Waals surface area contributed by atoms with E-state index in [4.69, 9.17) is 16.3 Å². The van der Waals surface area contributed by atoms with E-state index in [9.17, 15) is 9.59 Å². The van der Waals surface area contributed by atoms with Gasteiger partial charge in [0, 0.05) is 41.6 Å². The molecule has 4 rings (SSSR count). The van der Waals surface area contributed by atoms with Gasteiger partial charge in [-0.15, -0.1) is 0 Å². The van der Waals surface area contributed by atoms with Gasteiger partial charge >= 0.3 is 0 Å². The summed E-state index contributed by atoms with van der Waals surface area (Å²) < 4.78 is 23.4. The summed E-state index contributed by atoms with van der Waals surface area (Å²) in [6.07, 6.45) is 3.72. The van der Waals surface area contributed by atoms with Crippen molar-refractivity contribution in [1.82, 2.24) is 14.9 Å². The van der Waals surface area contributed by atoms with Crippen LogP contribution in [0.15, 0.2) is 35.3 Å². The van der Waals surface area contributed by atoms with Gasteiger partial charge < -0.3 is 24.8 Å². The molecule has 36 heavy (non-hydrogen) atoms. The highest BCUT2D eigenvalue weighted by atomic mass is 127. The first-order valence-corrected chi connectivity index (χ1v) is 13.3. The topological polar surface area (TPSA) is 88.5 Å². The summed E-state index contributed by atoms with van der Waals surface area (Å²) in [7, 11) is 1.47. The highest BCUT2D eigenvalue weighted by molar-refractivity contribution is 14.1. The zero-order chi connectivity index (χ0) is 26.0. The number of likely N-dealkylation sites (N-methyl/N-ethyl adjacent to an activating group) is 1. The number of hydrogen-bond donors (Lipinski definition) is 2. The van der Waals surface area contributed by atoms with Gasteiger partial charge in [0.05, 0.1) is 28.1 Å². The van der Waals surface area contributed by atoms with E-state index >= 15 is 4.39 Å². The van der Waals surface area contributed by atoms with E-state index < -0.39 is 17.3 Å². The largest absolute Gasteiger partial charge is 0.478 e. The number of rotatable bonds is 7. The zero-order valence-electron chi connectivity index (χ0n) is 20.3. The molecule has 2 N–H and O–H groups in total. The number of nitrogens with zero attached hydrogens (tertiary/aromatic N) is 3. The number of piperidine rings is 1. The molecule has 2 aromatic heterocycles. The van der Waals surface area contributed by atoms with E-state index in [-0.39, 0.29) is 29.5 Å². The van der Waals surface area contributed by atoms with Crippen LogP contribution in [0.25, 0.3) is 10.9 Å². The smallest absolute Gasteiger partial charge is 0.293 e. The number of hydrogen-bond acceptors (Lipinski definition) is 6. The summed E-state index contributed by atoms with van der Waals surface area (Å²) in [6.45, 7) is 5.10. The lowest BCUT2D eigenvalue weighted by atomic mass is 10.1. The predicted octanol–water partition coefficient (Wildman–Crippen LogP) is 5.04. The zero-order valence-corrected chi connectivity index (χ0v) is 23.2. The van der Waals surface area contributed by atoms with Crippen LogP contribution in [0, 0.1) is 5.82 Å². The van der Waals surface area contributed by atoms with Gasteiger partial charge in [-0.3, -0.25) is 9.59 Å². The molecule has 1 aromatic carbocycles. The van der Waals surface area contributed by atoms with Crippen LogP contribution < -0.4 is 25.8 Å². The molecule has 0 bridgehead atoms. The highest BCUT2D eigenvalue weighted by Crippen LogP contribution is 2.34. The number of ether oxygens (including phenoxy) is 1. The van der Waals surface area contributed by atoms with Crippen molar-refractivity contribution < 1.29 is 13.9 Å². The number of anilines is 3. The van der Waals surface area contributed by atoms with Crippen molar-refractivity contribution >= 4 is 68.2 Å². The van der Waals surface area contributed by atoms with Gasteiger partial charge in [0.2, 0.25) is 0 Å². The minimum atomic E-state index is -0.563. The molecule has 3 aromatic rings. The lowest BCUT2D eigenvalue weighted by Gasteiger charge is -2.30. The Morgan fingerprint density at radius 1 is 1.28 bits per heavy atom. The third-order valence-electron chi connectivity index (χ3n) is 6.13. The van der Waals surface area contributed by atoms with Gasteiger partial charge in [-0.25, -0.2) is 9.37 Å². The number of carbonyl (C=O) groups is 1. The van der Waals surface area contributed by atoms with Crippen LogP contribution in [0.5, 0.6) is 5.75 Å². The third kappa shape index (κ3) is 5.54. The fourth-order valence-electron chi connectivity index (χ4n) is 4.20. The first-order valence-electron chi connectivity index (χ1n) is 11.7. The van der Waals surface area contributed by atoms with E-state index in [1.165, 1.54) is 17.7 Å². The van der Waals surface area contributed by atoms with Crippen molar-refractivity contribution in [3.05, 3.63) is 51.7 Å². The lowest BCUT2D eigenvalue weighted by molar-refractivity contribution is -0.122. The molecule has 1 aliphatic rings. The fourth-order valence-corrected chi connectivity index (χ4v) is 4.91. The van der Waals surface area contributed by atoms with Crippen molar-refractivity contribution in [3.8, 4) is 5.75 Å². The molecular weight excluding hydrogens is 600 g/mol. The first-order chi connectivity index (χ1) is 17.2. The number of benzene rings is 1. The van der Waals surface area contributed by atoms with E-state index in [1.54, 1.807) is 18.3 Å². The molecule has 0 radical (unpaired) electrons. The summed E-state index contributed by atoms with van der Waals surface area (Å²) in [6, 6.07) is 6.18. The molecule has 11 heteroatoms. The number of carbonyl (C=O) groups excluding carboxylic acids is 1. The average Bonchev–Trinajstić information content (AvgIpc) is 2.86. The molecule has 1 aliphatic heterocycles. The van der Waals surface area contributed by atoms with Crippen molar-refractivity contribution in [3.63, 3.8) is 0 Å². The summed E-state index contributed by atoms with van der Waals surface area (Å²) in [5.41, 5.74) is 0.718. The SMILES string of the molecule is CNC(=O)COc1cc2c(F)c(Nc3cc(N4CCC(I)CC4)ncc3Cl)ccc2n(C(C)C)c1=O. The Labute approximate surface area is 227 Å². The predicted molar refractivity (Wildman–Crippen MR) is 150 cm³/mol. The molecule has 192 valence electrons. The Balaban J connectivity index is 1.72. The average molecular weight is 628 g/mol. The molecule has 1 amide bonds. The number of fused-ring (bicyclic) bond motifs is 1. The van der Waals surface area contributed by atoms with Crippen LogP contribution in [-0.2, 0) is 4.79 Å². The maximum Gasteiger partial charge on any atom is 0.293 e. The Kier molecular flexibility index (Phi) is 8.23. The van der Waals surface area contributed by atoms with Gasteiger partial charge in [-0.2, -0.15) is 0 Å². The number of pyridine rings is 2. The monoisotopic (exact) mass is 627 g/mol. The summed E-state index contributed by atoms with van der Waals surface area (Å²) in [4.78, 5) is 31.3. The number of alkyl halides is 1. The molecule has 0 unspecified atom stereocenters. The highest BCUT2D eigenvalue weighted by Gasteiger charge is 2.21. The Hall–Kier alpha value is -2.60. The molecule has 1 saturated heterocycles. The van der Waals surface area contributed by atoms with Crippen molar-refractivity contribution in [2.45, 2.75) is 36.7 Å². The minimum absolute atomic E-state index is 0.0984. The van der Waals surface area contributed by atoms with Gasteiger partial charge in [-0.05, 0) is 44.9 Å². The van der Waals surface area contributed by atoms with E-state index in [0.717, 1.165) is 31.7 Å². The maximum atomic E-state index is 15.8. The van der Waals surface area contributed by atoms with Crippen LogP contribution in [0.3, 0.4) is 0 Å². The van der Waals surface area contributed by atoms with Gasteiger partial charge in [0.15, 0.2) is 18.2 Å². The van der Waals surface area contributed by atoms with Crippen LogP contribution in [0.2, 0.25) is 5.02 Å². The second-order valence-corrected chi connectivity index (χ2v) is 11.1. The molecule has 0 aliphatic carbocycles. The molecular formula is C25H28ClFIN5O3. The van der Waals surface area contributed by atoms with E-state index in [1.807, 2.05) is 19.9 Å². The van der Waals surface area contributed by atoms with Gasteiger partial charge in [0.25, 0.3) is 11.5 Å². The van der Waals surface area contributed by atoms with E-state index in [0.29, 0.717) is 20.2 Å². The number of amides is 1. The summed E-state index contributed by atoms with van der Waals surface area (Å²) >= 11 is 8.88. The first kappa shape index (κ1) is 26.5. The summed E-state index contributed by atoms with van der Waals surface area (Å²) in [5.74, 6) is -0.275. The van der Waals surface area contributed by atoms with E-state index in [2.05, 4.69) is 43.1 Å². The van der Waals surface area contributed by atoms with Gasteiger partial charge in [-0.1, -0.05) is 34.2 Å². The minimum Gasteiger partial charge on any atom is -0.478 e. The van der Waals surface area contributed by atoms with Crippen LogP contribution in [0.1, 0.15) is 32.7 Å². The number of halogens is 3. The van der Waals surface area contributed by atoms with Crippen molar-refractivity contribution in [2.75, 3.05) is 37.0 Å². The van der Waals surface area contributed by atoms with Crippen molar-refractivity contribution in [2.24, 2.45) is 0 Å². The quantitative estimate of drug-likeness (QED) is 0.282. The second-order valence-electron chi connectivity index (χ2n) is 8.91. The molecule has 0 saturated carbocycles.